The Bertz CT molecular complexity index is 592. The van der Waals surface area contributed by atoms with Gasteiger partial charge in [-0.25, -0.2) is 4.98 Å². The van der Waals surface area contributed by atoms with E-state index >= 15 is 0 Å². The van der Waals surface area contributed by atoms with Crippen LogP contribution in [0.4, 0.5) is 5.82 Å². The van der Waals surface area contributed by atoms with Gasteiger partial charge in [0.2, 0.25) is 0 Å². The average molecular weight is 292 g/mol. The van der Waals surface area contributed by atoms with E-state index in [0.717, 1.165) is 38.1 Å². The number of rotatable bonds is 2. The van der Waals surface area contributed by atoms with Gasteiger partial charge in [0.15, 0.2) is 0 Å². The number of anilines is 1. The lowest BCUT2D eigenvalue weighted by Gasteiger charge is -2.30. The van der Waals surface area contributed by atoms with Crippen LogP contribution in [0.5, 0.6) is 0 Å². The number of pyridine rings is 1. The normalized spacial score (nSPS) is 15.2. The second-order valence-electron chi connectivity index (χ2n) is 5.26. The largest absolute Gasteiger partial charge is 0.354 e. The number of hydrogen-bond donors (Lipinski definition) is 1. The summed E-state index contributed by atoms with van der Waals surface area (Å²) in [6, 6.07) is 8.81. The Hall–Kier alpha value is -1.32. The van der Waals surface area contributed by atoms with Gasteiger partial charge >= 0.3 is 0 Å². The minimum atomic E-state index is 0. The van der Waals surface area contributed by atoms with E-state index in [0.29, 0.717) is 0 Å². The van der Waals surface area contributed by atoms with Gasteiger partial charge in [0, 0.05) is 31.6 Å². The van der Waals surface area contributed by atoms with Crippen molar-refractivity contribution in [2.75, 3.05) is 31.1 Å². The van der Waals surface area contributed by atoms with Gasteiger partial charge in [-0.3, -0.25) is 0 Å². The summed E-state index contributed by atoms with van der Waals surface area (Å²) >= 11 is 0. The van der Waals surface area contributed by atoms with Crippen LogP contribution in [-0.4, -0.2) is 31.2 Å². The Labute approximate surface area is 126 Å². The third-order valence-electron chi connectivity index (χ3n) is 3.82. The minimum Gasteiger partial charge on any atom is -0.354 e. The van der Waals surface area contributed by atoms with Crippen molar-refractivity contribution in [3.8, 4) is 0 Å². The van der Waals surface area contributed by atoms with Crippen molar-refractivity contribution in [2.45, 2.75) is 20.3 Å². The van der Waals surface area contributed by atoms with E-state index < -0.39 is 0 Å². The molecule has 1 aromatic heterocycles. The van der Waals surface area contributed by atoms with Gasteiger partial charge in [0.25, 0.3) is 0 Å². The number of benzene rings is 1. The van der Waals surface area contributed by atoms with Crippen molar-refractivity contribution < 1.29 is 0 Å². The van der Waals surface area contributed by atoms with Crippen molar-refractivity contribution in [3.05, 3.63) is 35.4 Å². The number of fused-ring (bicyclic) bond motifs is 1. The fourth-order valence-corrected chi connectivity index (χ4v) is 2.74. The molecule has 3 rings (SSSR count). The Morgan fingerprint density at radius 1 is 1.20 bits per heavy atom. The molecule has 1 aliphatic rings. The predicted molar refractivity (Wildman–Crippen MR) is 88.2 cm³/mol. The van der Waals surface area contributed by atoms with Crippen LogP contribution in [0.1, 0.15) is 18.1 Å². The van der Waals surface area contributed by atoms with Crippen molar-refractivity contribution in [1.82, 2.24) is 10.3 Å². The fourth-order valence-electron chi connectivity index (χ4n) is 2.74. The Morgan fingerprint density at radius 3 is 2.65 bits per heavy atom. The van der Waals surface area contributed by atoms with Crippen molar-refractivity contribution in [2.24, 2.45) is 0 Å². The quantitative estimate of drug-likeness (QED) is 0.922. The molecule has 1 N–H and O–H groups in total. The summed E-state index contributed by atoms with van der Waals surface area (Å²) in [5.41, 5.74) is 3.77. The number of hydrogen-bond acceptors (Lipinski definition) is 3. The number of nitrogens with one attached hydrogen (secondary N) is 1. The zero-order chi connectivity index (χ0) is 13.2. The molecule has 2 heterocycles. The van der Waals surface area contributed by atoms with E-state index in [9.17, 15) is 0 Å². The first kappa shape index (κ1) is 15.1. The Morgan fingerprint density at radius 2 is 1.95 bits per heavy atom. The molecule has 0 saturated carbocycles. The molecule has 0 amide bonds. The average Bonchev–Trinajstić information content (AvgIpc) is 2.46. The van der Waals surface area contributed by atoms with Gasteiger partial charge in [-0.05, 0) is 37.1 Å². The van der Waals surface area contributed by atoms with E-state index in [1.807, 2.05) is 0 Å². The number of halogens is 1. The van der Waals surface area contributed by atoms with Gasteiger partial charge in [-0.15, -0.1) is 12.4 Å². The van der Waals surface area contributed by atoms with Gasteiger partial charge < -0.3 is 10.2 Å². The standard InChI is InChI=1S/C16H21N3.ClH/c1-3-13-11-14-10-12(2)4-5-15(14)18-16(13)19-8-6-17-7-9-19;/h4-5,10-11,17H,3,6-9H2,1-2H3;1H. The summed E-state index contributed by atoms with van der Waals surface area (Å²) in [5.74, 6) is 1.18. The van der Waals surface area contributed by atoms with Crippen molar-refractivity contribution in [3.63, 3.8) is 0 Å². The SMILES string of the molecule is CCc1cc2cc(C)ccc2nc1N1CCNCC1.Cl. The van der Waals surface area contributed by atoms with Crippen LogP contribution in [0, 0.1) is 6.92 Å². The monoisotopic (exact) mass is 291 g/mol. The maximum atomic E-state index is 4.91. The molecule has 108 valence electrons. The highest BCUT2D eigenvalue weighted by atomic mass is 35.5. The maximum Gasteiger partial charge on any atom is 0.132 e. The van der Waals surface area contributed by atoms with E-state index in [4.69, 9.17) is 4.98 Å². The topological polar surface area (TPSA) is 28.2 Å². The number of nitrogens with zero attached hydrogens (tertiary/aromatic N) is 2. The van der Waals surface area contributed by atoms with E-state index in [1.165, 1.54) is 22.3 Å². The molecule has 1 aliphatic heterocycles. The van der Waals surface area contributed by atoms with Crippen LogP contribution in [0.3, 0.4) is 0 Å². The van der Waals surface area contributed by atoms with E-state index in [1.54, 1.807) is 0 Å². The molecule has 0 bridgehead atoms. The van der Waals surface area contributed by atoms with Gasteiger partial charge in [-0.1, -0.05) is 18.6 Å². The lowest BCUT2D eigenvalue weighted by atomic mass is 10.1. The first-order valence-electron chi connectivity index (χ1n) is 7.14. The minimum absolute atomic E-state index is 0. The van der Waals surface area contributed by atoms with Gasteiger partial charge in [0.05, 0.1) is 5.52 Å². The number of piperazine rings is 1. The zero-order valence-corrected chi connectivity index (χ0v) is 13.0. The smallest absolute Gasteiger partial charge is 0.132 e. The summed E-state index contributed by atoms with van der Waals surface area (Å²) in [6.07, 6.45) is 1.04. The Kier molecular flexibility index (Phi) is 4.84. The molecule has 0 unspecified atom stereocenters. The maximum absolute atomic E-state index is 4.91. The molecule has 0 atom stereocenters. The van der Waals surface area contributed by atoms with Crippen LogP contribution < -0.4 is 10.2 Å². The van der Waals surface area contributed by atoms with Crippen LogP contribution >= 0.6 is 12.4 Å². The molecular formula is C16H22ClN3. The fraction of sp³-hybridized carbons (Fsp3) is 0.438. The molecule has 1 fully saturated rings. The highest BCUT2D eigenvalue weighted by Crippen LogP contribution is 2.25. The predicted octanol–water partition coefficient (Wildman–Crippen LogP) is 2.94. The lowest BCUT2D eigenvalue weighted by molar-refractivity contribution is 0.584. The second kappa shape index (κ2) is 6.42. The third-order valence-corrected chi connectivity index (χ3v) is 3.82. The van der Waals surface area contributed by atoms with E-state index in [-0.39, 0.29) is 12.4 Å². The Balaban J connectivity index is 0.00000147. The molecule has 1 saturated heterocycles. The van der Waals surface area contributed by atoms with Gasteiger partial charge in [0.1, 0.15) is 5.82 Å². The molecule has 3 nitrogen and oxygen atoms in total. The first-order chi connectivity index (χ1) is 9.28. The zero-order valence-electron chi connectivity index (χ0n) is 12.1. The molecule has 0 radical (unpaired) electrons. The van der Waals surface area contributed by atoms with Gasteiger partial charge in [-0.2, -0.15) is 0 Å². The van der Waals surface area contributed by atoms with Crippen LogP contribution in [0.25, 0.3) is 10.9 Å². The first-order valence-corrected chi connectivity index (χ1v) is 7.14. The van der Waals surface area contributed by atoms with Crippen molar-refractivity contribution >= 4 is 29.1 Å². The molecule has 2 aromatic rings. The molecular weight excluding hydrogens is 270 g/mol. The lowest BCUT2D eigenvalue weighted by Crippen LogP contribution is -2.44. The summed E-state index contributed by atoms with van der Waals surface area (Å²) in [6.45, 7) is 8.56. The van der Waals surface area contributed by atoms with E-state index in [2.05, 4.69) is 48.3 Å². The molecule has 0 aliphatic carbocycles. The number of aromatic nitrogens is 1. The van der Waals surface area contributed by atoms with Crippen LogP contribution in [0.2, 0.25) is 0 Å². The highest BCUT2D eigenvalue weighted by molar-refractivity contribution is 5.85. The van der Waals surface area contributed by atoms with Crippen molar-refractivity contribution in [1.29, 1.82) is 0 Å². The highest BCUT2D eigenvalue weighted by Gasteiger charge is 2.15. The number of aryl methyl sites for hydroxylation is 2. The summed E-state index contributed by atoms with van der Waals surface area (Å²) in [5, 5.41) is 4.66. The third kappa shape index (κ3) is 2.89. The molecule has 4 heteroatoms. The second-order valence-corrected chi connectivity index (χ2v) is 5.26. The molecule has 0 spiro atoms. The summed E-state index contributed by atoms with van der Waals surface area (Å²) in [7, 11) is 0. The molecule has 20 heavy (non-hydrogen) atoms. The van der Waals surface area contributed by atoms with Crippen LogP contribution in [-0.2, 0) is 6.42 Å². The van der Waals surface area contributed by atoms with Crippen LogP contribution in [0.15, 0.2) is 24.3 Å². The molecule has 1 aromatic carbocycles. The summed E-state index contributed by atoms with van der Waals surface area (Å²) < 4.78 is 0. The summed E-state index contributed by atoms with van der Waals surface area (Å²) in [4.78, 5) is 7.32.